The molecule has 2 atom stereocenters. The standard InChI is InChI=1S/C25H25ClN2O3/c1-16-21(15-22(27-16)17-5-3-2-4-6-17)24(30)25(31)28-13-11-19(12-14-28)23(29)18-7-9-20(26)10-8-18/h2-10,15-16,19,21,27H,11-14H2,1H3. The number of carbonyl (C=O) groups is 3. The molecule has 0 spiro atoms. The molecule has 2 aromatic carbocycles. The first-order chi connectivity index (χ1) is 14.9. The number of benzene rings is 2. The first-order valence-electron chi connectivity index (χ1n) is 10.6. The van der Waals surface area contributed by atoms with E-state index >= 15 is 0 Å². The van der Waals surface area contributed by atoms with E-state index in [0.717, 1.165) is 11.3 Å². The maximum Gasteiger partial charge on any atom is 0.290 e. The smallest absolute Gasteiger partial charge is 0.290 e. The Morgan fingerprint density at radius 2 is 1.61 bits per heavy atom. The minimum Gasteiger partial charge on any atom is -0.381 e. The zero-order valence-corrected chi connectivity index (χ0v) is 18.1. The van der Waals surface area contributed by atoms with Crippen LogP contribution in [-0.4, -0.2) is 41.5 Å². The van der Waals surface area contributed by atoms with Gasteiger partial charge in [0, 0.05) is 41.3 Å². The van der Waals surface area contributed by atoms with E-state index in [1.165, 1.54) is 0 Å². The number of rotatable bonds is 5. The highest BCUT2D eigenvalue weighted by molar-refractivity contribution is 6.37. The Labute approximate surface area is 187 Å². The Morgan fingerprint density at radius 1 is 0.968 bits per heavy atom. The van der Waals surface area contributed by atoms with Gasteiger partial charge in [0.15, 0.2) is 5.78 Å². The summed E-state index contributed by atoms with van der Waals surface area (Å²) in [6.45, 7) is 2.75. The Hall–Kier alpha value is -2.92. The van der Waals surface area contributed by atoms with E-state index in [2.05, 4.69) is 5.32 Å². The number of hydrogen-bond donors (Lipinski definition) is 1. The zero-order chi connectivity index (χ0) is 22.0. The minimum atomic E-state index is -0.490. The highest BCUT2D eigenvalue weighted by Gasteiger charge is 2.37. The van der Waals surface area contributed by atoms with Crippen LogP contribution in [0.4, 0.5) is 0 Å². The molecule has 2 aliphatic rings. The highest BCUT2D eigenvalue weighted by atomic mass is 35.5. The molecule has 2 aliphatic heterocycles. The lowest BCUT2D eigenvalue weighted by molar-refractivity contribution is -0.147. The number of nitrogens with zero attached hydrogens (tertiary/aromatic N) is 1. The number of amides is 1. The van der Waals surface area contributed by atoms with Gasteiger partial charge in [-0.1, -0.05) is 41.9 Å². The molecule has 1 fully saturated rings. The first-order valence-corrected chi connectivity index (χ1v) is 11.0. The molecule has 0 aliphatic carbocycles. The number of Topliss-reactive ketones (excluding diaryl/α,β-unsaturated/α-hetero) is 2. The predicted octanol–water partition coefficient (Wildman–Crippen LogP) is 3.98. The van der Waals surface area contributed by atoms with E-state index in [-0.39, 0.29) is 17.7 Å². The van der Waals surface area contributed by atoms with Gasteiger partial charge in [0.1, 0.15) is 0 Å². The SMILES string of the molecule is CC1NC(c2ccccc2)=CC1C(=O)C(=O)N1CCC(C(=O)c2ccc(Cl)cc2)CC1. The number of nitrogens with one attached hydrogen (secondary N) is 1. The van der Waals surface area contributed by atoms with E-state index in [0.29, 0.717) is 36.5 Å². The van der Waals surface area contributed by atoms with E-state index in [1.807, 2.05) is 43.3 Å². The summed E-state index contributed by atoms with van der Waals surface area (Å²) in [5.74, 6) is -1.41. The van der Waals surface area contributed by atoms with Crippen LogP contribution in [0, 0.1) is 11.8 Å². The minimum absolute atomic E-state index is 0.0687. The third-order valence-corrected chi connectivity index (χ3v) is 6.40. The van der Waals surface area contributed by atoms with Gasteiger partial charge in [-0.15, -0.1) is 0 Å². The third kappa shape index (κ3) is 4.57. The van der Waals surface area contributed by atoms with E-state index < -0.39 is 17.6 Å². The van der Waals surface area contributed by atoms with Crippen LogP contribution < -0.4 is 5.32 Å². The summed E-state index contributed by atoms with van der Waals surface area (Å²) in [7, 11) is 0. The lowest BCUT2D eigenvalue weighted by Gasteiger charge is -2.31. The summed E-state index contributed by atoms with van der Waals surface area (Å²) >= 11 is 5.90. The number of halogens is 1. The lowest BCUT2D eigenvalue weighted by atomic mass is 9.88. The van der Waals surface area contributed by atoms with Gasteiger partial charge < -0.3 is 10.2 Å². The van der Waals surface area contributed by atoms with Crippen molar-refractivity contribution in [2.24, 2.45) is 11.8 Å². The summed E-state index contributed by atoms with van der Waals surface area (Å²) in [4.78, 5) is 40.1. The second kappa shape index (κ2) is 9.06. The van der Waals surface area contributed by atoms with E-state index in [9.17, 15) is 14.4 Å². The van der Waals surface area contributed by atoms with Crippen LogP contribution in [0.3, 0.4) is 0 Å². The van der Waals surface area contributed by atoms with Crippen LogP contribution in [0.2, 0.25) is 5.02 Å². The van der Waals surface area contributed by atoms with Gasteiger partial charge in [-0.2, -0.15) is 0 Å². The van der Waals surface area contributed by atoms with Crippen molar-refractivity contribution in [3.63, 3.8) is 0 Å². The number of piperidine rings is 1. The fourth-order valence-electron chi connectivity index (χ4n) is 4.30. The average molecular weight is 437 g/mol. The number of ketones is 2. The van der Waals surface area contributed by atoms with Crippen molar-refractivity contribution in [3.05, 3.63) is 76.8 Å². The van der Waals surface area contributed by atoms with Crippen LogP contribution in [0.1, 0.15) is 35.7 Å². The molecule has 1 N–H and O–H groups in total. The summed E-state index contributed by atoms with van der Waals surface area (Å²) in [6.07, 6.45) is 2.98. The van der Waals surface area contributed by atoms with E-state index in [4.69, 9.17) is 11.6 Å². The molecular formula is C25H25ClN2O3. The summed E-state index contributed by atoms with van der Waals surface area (Å²) in [5, 5.41) is 3.91. The molecule has 5 nitrogen and oxygen atoms in total. The molecule has 0 radical (unpaired) electrons. The third-order valence-electron chi connectivity index (χ3n) is 6.15. The summed E-state index contributed by atoms with van der Waals surface area (Å²) < 4.78 is 0. The zero-order valence-electron chi connectivity index (χ0n) is 17.4. The molecule has 31 heavy (non-hydrogen) atoms. The second-order valence-corrected chi connectivity index (χ2v) is 8.64. The Balaban J connectivity index is 1.37. The topological polar surface area (TPSA) is 66.5 Å². The monoisotopic (exact) mass is 436 g/mol. The van der Waals surface area contributed by atoms with Crippen LogP contribution in [0.5, 0.6) is 0 Å². The van der Waals surface area contributed by atoms with Gasteiger partial charge in [-0.05, 0) is 55.7 Å². The number of likely N-dealkylation sites (tertiary alicyclic amines) is 1. The molecular weight excluding hydrogens is 412 g/mol. The van der Waals surface area contributed by atoms with Crippen molar-refractivity contribution < 1.29 is 14.4 Å². The maximum atomic E-state index is 12.9. The Kier molecular flexibility index (Phi) is 6.23. The molecule has 6 heteroatoms. The predicted molar refractivity (Wildman–Crippen MR) is 121 cm³/mol. The van der Waals surface area contributed by atoms with Crippen molar-refractivity contribution in [1.29, 1.82) is 0 Å². The lowest BCUT2D eigenvalue weighted by Crippen LogP contribution is -2.46. The molecule has 1 amide bonds. The Bertz CT molecular complexity index is 1010. The van der Waals surface area contributed by atoms with Crippen molar-refractivity contribution in [3.8, 4) is 0 Å². The van der Waals surface area contributed by atoms with Gasteiger partial charge >= 0.3 is 0 Å². The molecule has 160 valence electrons. The van der Waals surface area contributed by atoms with Crippen molar-refractivity contribution in [2.75, 3.05) is 13.1 Å². The fourth-order valence-corrected chi connectivity index (χ4v) is 4.43. The highest BCUT2D eigenvalue weighted by Crippen LogP contribution is 2.27. The van der Waals surface area contributed by atoms with Crippen LogP contribution in [-0.2, 0) is 9.59 Å². The summed E-state index contributed by atoms with van der Waals surface area (Å²) in [6, 6.07) is 16.5. The Morgan fingerprint density at radius 3 is 2.26 bits per heavy atom. The van der Waals surface area contributed by atoms with Gasteiger partial charge in [-0.25, -0.2) is 0 Å². The fraction of sp³-hybridized carbons (Fsp3) is 0.320. The molecule has 0 saturated carbocycles. The molecule has 0 aromatic heterocycles. The van der Waals surface area contributed by atoms with Gasteiger partial charge in [-0.3, -0.25) is 14.4 Å². The quantitative estimate of drug-likeness (QED) is 0.568. The van der Waals surface area contributed by atoms with Crippen molar-refractivity contribution in [2.45, 2.75) is 25.8 Å². The molecule has 4 rings (SSSR count). The van der Waals surface area contributed by atoms with Gasteiger partial charge in [0.25, 0.3) is 5.91 Å². The normalized spacial score (nSPS) is 21.4. The molecule has 2 heterocycles. The molecule has 1 saturated heterocycles. The van der Waals surface area contributed by atoms with Crippen molar-refractivity contribution >= 4 is 34.8 Å². The molecule has 2 unspecified atom stereocenters. The maximum absolute atomic E-state index is 12.9. The first kappa shape index (κ1) is 21.3. The van der Waals surface area contributed by atoms with Crippen molar-refractivity contribution in [1.82, 2.24) is 10.2 Å². The largest absolute Gasteiger partial charge is 0.381 e. The van der Waals surface area contributed by atoms with Crippen LogP contribution in [0.15, 0.2) is 60.7 Å². The number of carbonyl (C=O) groups excluding carboxylic acids is 3. The van der Waals surface area contributed by atoms with Crippen LogP contribution in [0.25, 0.3) is 5.70 Å². The van der Waals surface area contributed by atoms with Gasteiger partial charge in [0.2, 0.25) is 5.78 Å². The molecule has 0 bridgehead atoms. The van der Waals surface area contributed by atoms with Crippen LogP contribution >= 0.6 is 11.6 Å². The van der Waals surface area contributed by atoms with Gasteiger partial charge in [0.05, 0.1) is 5.92 Å². The molecule has 2 aromatic rings. The summed E-state index contributed by atoms with van der Waals surface area (Å²) in [5.41, 5.74) is 2.51. The number of hydrogen-bond acceptors (Lipinski definition) is 4. The average Bonchev–Trinajstić information content (AvgIpc) is 3.20. The van der Waals surface area contributed by atoms with E-state index in [1.54, 1.807) is 29.2 Å². The second-order valence-electron chi connectivity index (χ2n) is 8.21.